The van der Waals surface area contributed by atoms with Crippen LogP contribution in [-0.2, 0) is 11.3 Å². The van der Waals surface area contributed by atoms with Crippen molar-refractivity contribution in [2.24, 2.45) is 0 Å². The normalized spacial score (nSPS) is 16.0. The number of aryl methyl sites for hydroxylation is 2. The van der Waals surface area contributed by atoms with Gasteiger partial charge in [-0.05, 0) is 26.8 Å². The molecule has 1 amide bonds. The molecule has 1 saturated heterocycles. The molecule has 0 N–H and O–H groups in total. The first kappa shape index (κ1) is 15.7. The number of rotatable bonds is 3. The van der Waals surface area contributed by atoms with Gasteiger partial charge in [0.25, 0.3) is 0 Å². The van der Waals surface area contributed by atoms with Gasteiger partial charge in [-0.15, -0.1) is 0 Å². The standard InChI is InChI=1S/C16H23N5O2/c1-4-23-16(22)20-7-5-19(6-8-20)10-14-11-21-13(3)9-12(2)17-15(21)18-14/h9,11H,4-8,10H2,1-3H3. The fraction of sp³-hybridized carbons (Fsp3) is 0.562. The van der Waals surface area contributed by atoms with Crippen LogP contribution in [0, 0.1) is 13.8 Å². The van der Waals surface area contributed by atoms with Gasteiger partial charge in [0.15, 0.2) is 0 Å². The summed E-state index contributed by atoms with van der Waals surface area (Å²) >= 11 is 0. The summed E-state index contributed by atoms with van der Waals surface area (Å²) in [6.07, 6.45) is 1.84. The molecule has 0 bridgehead atoms. The Balaban J connectivity index is 1.63. The highest BCUT2D eigenvalue weighted by Crippen LogP contribution is 2.12. The minimum Gasteiger partial charge on any atom is -0.450 e. The molecule has 0 radical (unpaired) electrons. The number of hydrogen-bond donors (Lipinski definition) is 0. The van der Waals surface area contributed by atoms with Crippen molar-refractivity contribution in [1.82, 2.24) is 24.2 Å². The average molecular weight is 317 g/mol. The Hall–Kier alpha value is -2.15. The van der Waals surface area contributed by atoms with Crippen LogP contribution in [0.4, 0.5) is 4.79 Å². The van der Waals surface area contributed by atoms with E-state index in [1.165, 1.54) is 0 Å². The van der Waals surface area contributed by atoms with Crippen molar-refractivity contribution in [2.45, 2.75) is 27.3 Å². The second-order valence-electron chi connectivity index (χ2n) is 5.90. The van der Waals surface area contributed by atoms with Crippen molar-refractivity contribution in [1.29, 1.82) is 0 Å². The Morgan fingerprint density at radius 1 is 1.22 bits per heavy atom. The van der Waals surface area contributed by atoms with Gasteiger partial charge in [0.05, 0.1) is 12.3 Å². The molecule has 1 fully saturated rings. The molecule has 124 valence electrons. The third-order valence-electron chi connectivity index (χ3n) is 4.10. The molecule has 0 spiro atoms. The maximum absolute atomic E-state index is 11.7. The molecule has 1 aliphatic rings. The predicted molar refractivity (Wildman–Crippen MR) is 86.3 cm³/mol. The van der Waals surface area contributed by atoms with Gasteiger partial charge in [-0.1, -0.05) is 0 Å². The number of amides is 1. The third-order valence-corrected chi connectivity index (χ3v) is 4.10. The molecule has 7 nitrogen and oxygen atoms in total. The second-order valence-corrected chi connectivity index (χ2v) is 5.90. The van der Waals surface area contributed by atoms with Gasteiger partial charge in [0.1, 0.15) is 0 Å². The van der Waals surface area contributed by atoms with Crippen LogP contribution in [0.15, 0.2) is 12.3 Å². The molecule has 0 saturated carbocycles. The summed E-state index contributed by atoms with van der Waals surface area (Å²) in [5, 5.41) is 0. The predicted octanol–water partition coefficient (Wildman–Crippen LogP) is 1.62. The number of carbonyl (C=O) groups is 1. The first-order valence-corrected chi connectivity index (χ1v) is 8.03. The topological polar surface area (TPSA) is 63.0 Å². The lowest BCUT2D eigenvalue weighted by Crippen LogP contribution is -2.48. The first-order valence-electron chi connectivity index (χ1n) is 8.03. The van der Waals surface area contributed by atoms with Gasteiger partial charge in [-0.25, -0.2) is 14.8 Å². The van der Waals surface area contributed by atoms with Crippen LogP contribution in [0.3, 0.4) is 0 Å². The van der Waals surface area contributed by atoms with Crippen LogP contribution >= 0.6 is 0 Å². The number of imidazole rings is 1. The largest absolute Gasteiger partial charge is 0.450 e. The van der Waals surface area contributed by atoms with Crippen molar-refractivity contribution in [2.75, 3.05) is 32.8 Å². The molecule has 3 heterocycles. The van der Waals surface area contributed by atoms with E-state index < -0.39 is 0 Å². The van der Waals surface area contributed by atoms with E-state index in [2.05, 4.69) is 34.1 Å². The summed E-state index contributed by atoms with van der Waals surface area (Å²) in [4.78, 5) is 24.9. The van der Waals surface area contributed by atoms with Gasteiger partial charge in [-0.2, -0.15) is 0 Å². The molecule has 7 heteroatoms. The highest BCUT2D eigenvalue weighted by atomic mass is 16.6. The van der Waals surface area contributed by atoms with Crippen LogP contribution in [0.2, 0.25) is 0 Å². The number of ether oxygens (including phenoxy) is 1. The molecule has 23 heavy (non-hydrogen) atoms. The van der Waals surface area contributed by atoms with Gasteiger partial charge in [0, 0.05) is 50.3 Å². The minimum absolute atomic E-state index is 0.213. The number of piperazine rings is 1. The van der Waals surface area contributed by atoms with Crippen molar-refractivity contribution in [3.63, 3.8) is 0 Å². The summed E-state index contributed by atoms with van der Waals surface area (Å²) in [6, 6.07) is 2.05. The molecule has 0 aliphatic carbocycles. The van der Waals surface area contributed by atoms with Crippen LogP contribution in [0.1, 0.15) is 24.0 Å². The summed E-state index contributed by atoms with van der Waals surface area (Å²) in [6.45, 7) is 10.1. The van der Waals surface area contributed by atoms with Crippen molar-refractivity contribution >= 4 is 11.9 Å². The Bertz CT molecular complexity index is 704. The van der Waals surface area contributed by atoms with Crippen LogP contribution in [0.5, 0.6) is 0 Å². The second kappa shape index (κ2) is 6.54. The number of fused-ring (bicyclic) bond motifs is 1. The van der Waals surface area contributed by atoms with E-state index in [0.29, 0.717) is 19.7 Å². The molecular formula is C16H23N5O2. The minimum atomic E-state index is -0.213. The zero-order valence-corrected chi connectivity index (χ0v) is 13.9. The third kappa shape index (κ3) is 3.44. The fourth-order valence-corrected chi connectivity index (χ4v) is 2.93. The van der Waals surface area contributed by atoms with Gasteiger partial charge >= 0.3 is 6.09 Å². The summed E-state index contributed by atoms with van der Waals surface area (Å²) in [7, 11) is 0. The van der Waals surface area contributed by atoms with Crippen molar-refractivity contribution in [3.8, 4) is 0 Å². The maximum atomic E-state index is 11.7. The van der Waals surface area contributed by atoms with Crippen molar-refractivity contribution < 1.29 is 9.53 Å². The number of carbonyl (C=O) groups excluding carboxylic acids is 1. The smallest absolute Gasteiger partial charge is 0.409 e. The zero-order chi connectivity index (χ0) is 16.4. The molecule has 0 aromatic carbocycles. The Kier molecular flexibility index (Phi) is 4.47. The van der Waals surface area contributed by atoms with E-state index in [0.717, 1.165) is 42.5 Å². The highest BCUT2D eigenvalue weighted by Gasteiger charge is 2.22. The Morgan fingerprint density at radius 3 is 2.65 bits per heavy atom. The van der Waals surface area contributed by atoms with Gasteiger partial charge < -0.3 is 9.64 Å². The maximum Gasteiger partial charge on any atom is 0.409 e. The monoisotopic (exact) mass is 317 g/mol. The summed E-state index contributed by atoms with van der Waals surface area (Å²) in [5.74, 6) is 0.752. The molecule has 0 atom stereocenters. The SMILES string of the molecule is CCOC(=O)N1CCN(Cc2cn3c(C)cc(C)nc3n2)CC1. The van der Waals surface area contributed by atoms with E-state index in [1.54, 1.807) is 4.90 Å². The Labute approximate surface area is 135 Å². The molecule has 2 aromatic rings. The molecule has 2 aromatic heterocycles. The first-order chi connectivity index (χ1) is 11.1. The summed E-state index contributed by atoms with van der Waals surface area (Å²) in [5.41, 5.74) is 3.13. The van der Waals surface area contributed by atoms with E-state index in [-0.39, 0.29) is 6.09 Å². The lowest BCUT2D eigenvalue weighted by atomic mass is 10.3. The van der Waals surface area contributed by atoms with Crippen LogP contribution < -0.4 is 0 Å². The molecular weight excluding hydrogens is 294 g/mol. The van der Waals surface area contributed by atoms with E-state index in [9.17, 15) is 4.79 Å². The molecule has 1 aliphatic heterocycles. The summed E-state index contributed by atoms with van der Waals surface area (Å²) < 4.78 is 7.07. The number of hydrogen-bond acceptors (Lipinski definition) is 5. The lowest BCUT2D eigenvalue weighted by molar-refractivity contribution is 0.0776. The number of aromatic nitrogens is 3. The molecule has 0 unspecified atom stereocenters. The van der Waals surface area contributed by atoms with E-state index >= 15 is 0 Å². The fourth-order valence-electron chi connectivity index (χ4n) is 2.93. The van der Waals surface area contributed by atoms with E-state index in [1.807, 2.05) is 18.2 Å². The molecule has 3 rings (SSSR count). The lowest BCUT2D eigenvalue weighted by Gasteiger charge is -2.33. The van der Waals surface area contributed by atoms with Crippen LogP contribution in [0.25, 0.3) is 5.78 Å². The van der Waals surface area contributed by atoms with Crippen LogP contribution in [-0.4, -0.2) is 63.0 Å². The van der Waals surface area contributed by atoms with Crippen molar-refractivity contribution in [3.05, 3.63) is 29.3 Å². The van der Waals surface area contributed by atoms with Gasteiger partial charge in [-0.3, -0.25) is 9.30 Å². The van der Waals surface area contributed by atoms with E-state index in [4.69, 9.17) is 4.74 Å². The average Bonchev–Trinajstić information content (AvgIpc) is 2.91. The van der Waals surface area contributed by atoms with Gasteiger partial charge in [0.2, 0.25) is 5.78 Å². The number of nitrogens with zero attached hydrogens (tertiary/aromatic N) is 5. The zero-order valence-electron chi connectivity index (χ0n) is 13.9. The highest BCUT2D eigenvalue weighted by molar-refractivity contribution is 5.67. The quantitative estimate of drug-likeness (QED) is 0.861. The Morgan fingerprint density at radius 2 is 1.96 bits per heavy atom.